The van der Waals surface area contributed by atoms with Crippen LogP contribution in [0.4, 0.5) is 0 Å². The highest BCUT2D eigenvalue weighted by molar-refractivity contribution is 7.86. The maximum Gasteiger partial charge on any atom is 0.282 e. The molecular weight excluding hydrogens is 252 g/mol. The van der Waals surface area contributed by atoms with Crippen molar-refractivity contribution in [2.75, 3.05) is 20.1 Å². The zero-order valence-electron chi connectivity index (χ0n) is 10.7. The molecule has 0 radical (unpaired) electrons. The van der Waals surface area contributed by atoms with E-state index < -0.39 is 10.2 Å². The van der Waals surface area contributed by atoms with Gasteiger partial charge in [-0.3, -0.25) is 0 Å². The summed E-state index contributed by atoms with van der Waals surface area (Å²) in [5.74, 6) is 0.663. The van der Waals surface area contributed by atoms with Gasteiger partial charge in [-0.25, -0.2) is 0 Å². The van der Waals surface area contributed by atoms with Crippen LogP contribution in [0.1, 0.15) is 31.4 Å². The summed E-state index contributed by atoms with van der Waals surface area (Å²) in [7, 11) is -1.75. The van der Waals surface area contributed by atoms with Crippen LogP contribution in [-0.2, 0) is 16.8 Å². The summed E-state index contributed by atoms with van der Waals surface area (Å²) in [5.41, 5.74) is 0. The molecule has 0 bridgehead atoms. The molecule has 6 heteroatoms. The molecule has 1 saturated heterocycles. The van der Waals surface area contributed by atoms with Crippen LogP contribution in [0.25, 0.3) is 0 Å². The van der Waals surface area contributed by atoms with Gasteiger partial charge < -0.3 is 4.42 Å². The van der Waals surface area contributed by atoms with Crippen LogP contribution >= 0.6 is 0 Å². The molecule has 5 nitrogen and oxygen atoms in total. The van der Waals surface area contributed by atoms with E-state index in [4.69, 9.17) is 4.42 Å². The lowest BCUT2D eigenvalue weighted by molar-refractivity contribution is 0.346. The summed E-state index contributed by atoms with van der Waals surface area (Å²) in [6.07, 6.45) is 5.70. The van der Waals surface area contributed by atoms with Crippen LogP contribution in [-0.4, -0.2) is 37.2 Å². The lowest BCUT2D eigenvalue weighted by Gasteiger charge is -2.25. The first-order valence-corrected chi connectivity index (χ1v) is 7.74. The van der Waals surface area contributed by atoms with E-state index in [1.54, 1.807) is 29.7 Å². The maximum absolute atomic E-state index is 12.4. The first kappa shape index (κ1) is 13.6. The van der Waals surface area contributed by atoms with Crippen molar-refractivity contribution in [1.29, 1.82) is 0 Å². The van der Waals surface area contributed by atoms with Crippen molar-refractivity contribution in [2.45, 2.75) is 32.2 Å². The fourth-order valence-corrected chi connectivity index (χ4v) is 3.58. The molecule has 1 aliphatic heterocycles. The van der Waals surface area contributed by atoms with Crippen molar-refractivity contribution in [3.8, 4) is 0 Å². The Bertz CT molecular complexity index is 448. The first-order chi connectivity index (χ1) is 8.60. The summed E-state index contributed by atoms with van der Waals surface area (Å²) in [6.45, 7) is 1.54. The molecule has 1 fully saturated rings. The van der Waals surface area contributed by atoms with E-state index in [9.17, 15) is 8.42 Å². The topological polar surface area (TPSA) is 53.8 Å². The third-order valence-corrected chi connectivity index (χ3v) is 5.18. The van der Waals surface area contributed by atoms with E-state index in [0.717, 1.165) is 25.7 Å². The van der Waals surface area contributed by atoms with Crippen LogP contribution in [0.15, 0.2) is 22.8 Å². The van der Waals surface area contributed by atoms with Crippen molar-refractivity contribution in [3.63, 3.8) is 0 Å². The molecule has 1 aliphatic rings. The third-order valence-electron chi connectivity index (χ3n) is 3.24. The Balaban J connectivity index is 2.04. The average molecular weight is 272 g/mol. The van der Waals surface area contributed by atoms with Gasteiger partial charge in [0, 0.05) is 20.1 Å². The fourth-order valence-electron chi connectivity index (χ4n) is 2.17. The van der Waals surface area contributed by atoms with Crippen molar-refractivity contribution >= 4 is 10.2 Å². The number of furan rings is 1. The Labute approximate surface area is 109 Å². The Kier molecular flexibility index (Phi) is 4.42. The molecule has 0 saturated carbocycles. The van der Waals surface area contributed by atoms with Crippen LogP contribution in [0.3, 0.4) is 0 Å². The van der Waals surface area contributed by atoms with E-state index in [0.29, 0.717) is 18.8 Å². The second kappa shape index (κ2) is 5.86. The summed E-state index contributed by atoms with van der Waals surface area (Å²) in [5, 5.41) is 0. The van der Waals surface area contributed by atoms with Crippen molar-refractivity contribution in [3.05, 3.63) is 24.2 Å². The molecule has 0 aromatic carbocycles. The summed E-state index contributed by atoms with van der Waals surface area (Å²) in [4.78, 5) is 0. The van der Waals surface area contributed by atoms with Crippen molar-refractivity contribution in [2.24, 2.45) is 0 Å². The fraction of sp³-hybridized carbons (Fsp3) is 0.667. The minimum Gasteiger partial charge on any atom is -0.468 e. The molecule has 0 N–H and O–H groups in total. The molecule has 0 amide bonds. The highest BCUT2D eigenvalue weighted by atomic mass is 32.2. The quantitative estimate of drug-likeness (QED) is 0.840. The number of hydrogen-bond acceptors (Lipinski definition) is 3. The molecule has 0 unspecified atom stereocenters. The smallest absolute Gasteiger partial charge is 0.282 e. The average Bonchev–Trinajstić information content (AvgIpc) is 2.68. The Morgan fingerprint density at radius 3 is 2.50 bits per heavy atom. The van der Waals surface area contributed by atoms with Gasteiger partial charge in [0.25, 0.3) is 10.2 Å². The standard InChI is InChI=1S/C12H20N2O3S/c1-13(11-12-7-6-10-17-12)18(15,16)14-8-4-2-3-5-9-14/h6-7,10H,2-5,8-9,11H2,1H3. The van der Waals surface area contributed by atoms with Gasteiger partial charge in [0.2, 0.25) is 0 Å². The van der Waals surface area contributed by atoms with E-state index in [1.165, 1.54) is 4.31 Å². The lowest BCUT2D eigenvalue weighted by Crippen LogP contribution is -2.41. The van der Waals surface area contributed by atoms with E-state index in [1.807, 2.05) is 0 Å². The Morgan fingerprint density at radius 1 is 1.28 bits per heavy atom. The zero-order valence-corrected chi connectivity index (χ0v) is 11.5. The lowest BCUT2D eigenvalue weighted by atomic mass is 10.2. The SMILES string of the molecule is CN(Cc1ccco1)S(=O)(=O)N1CCCCCC1. The molecule has 2 rings (SSSR count). The third kappa shape index (κ3) is 3.13. The van der Waals surface area contributed by atoms with Crippen LogP contribution in [0, 0.1) is 0 Å². The first-order valence-electron chi connectivity index (χ1n) is 6.34. The normalized spacial score (nSPS) is 19.0. The summed E-state index contributed by atoms with van der Waals surface area (Å²) < 4.78 is 32.9. The predicted molar refractivity (Wildman–Crippen MR) is 69.1 cm³/mol. The van der Waals surface area contributed by atoms with E-state index in [2.05, 4.69) is 0 Å². The summed E-state index contributed by atoms with van der Waals surface area (Å²) in [6, 6.07) is 3.55. The summed E-state index contributed by atoms with van der Waals surface area (Å²) >= 11 is 0. The van der Waals surface area contributed by atoms with Gasteiger partial charge in [-0.2, -0.15) is 17.0 Å². The van der Waals surface area contributed by atoms with E-state index >= 15 is 0 Å². The van der Waals surface area contributed by atoms with Crippen molar-refractivity contribution < 1.29 is 12.8 Å². The number of nitrogens with zero attached hydrogens (tertiary/aromatic N) is 2. The zero-order chi connectivity index (χ0) is 13.0. The number of hydrogen-bond donors (Lipinski definition) is 0. The maximum atomic E-state index is 12.4. The predicted octanol–water partition coefficient (Wildman–Crippen LogP) is 1.83. The van der Waals surface area contributed by atoms with Gasteiger partial charge >= 0.3 is 0 Å². The monoisotopic (exact) mass is 272 g/mol. The molecule has 1 aromatic rings. The molecule has 1 aromatic heterocycles. The van der Waals surface area contributed by atoms with Gasteiger partial charge in [-0.1, -0.05) is 12.8 Å². The molecular formula is C12H20N2O3S. The molecule has 18 heavy (non-hydrogen) atoms. The molecule has 102 valence electrons. The molecule has 0 atom stereocenters. The van der Waals surface area contributed by atoms with Gasteiger partial charge in [0.15, 0.2) is 0 Å². The minimum absolute atomic E-state index is 0.284. The van der Waals surface area contributed by atoms with Crippen molar-refractivity contribution in [1.82, 2.24) is 8.61 Å². The molecule has 0 aliphatic carbocycles. The molecule has 0 spiro atoms. The Hall–Kier alpha value is -0.850. The highest BCUT2D eigenvalue weighted by Crippen LogP contribution is 2.17. The second-order valence-electron chi connectivity index (χ2n) is 4.66. The van der Waals surface area contributed by atoms with Gasteiger partial charge in [0.05, 0.1) is 12.8 Å². The number of rotatable bonds is 4. The Morgan fingerprint density at radius 2 is 1.94 bits per heavy atom. The molecule has 2 heterocycles. The van der Waals surface area contributed by atoms with Gasteiger partial charge in [0.1, 0.15) is 5.76 Å². The van der Waals surface area contributed by atoms with Crippen LogP contribution < -0.4 is 0 Å². The highest BCUT2D eigenvalue weighted by Gasteiger charge is 2.27. The largest absolute Gasteiger partial charge is 0.468 e. The van der Waals surface area contributed by atoms with E-state index in [-0.39, 0.29) is 6.54 Å². The van der Waals surface area contributed by atoms with Gasteiger partial charge in [-0.15, -0.1) is 0 Å². The van der Waals surface area contributed by atoms with Gasteiger partial charge in [-0.05, 0) is 25.0 Å². The second-order valence-corrected chi connectivity index (χ2v) is 6.69. The van der Waals surface area contributed by atoms with Crippen LogP contribution in [0.5, 0.6) is 0 Å². The minimum atomic E-state index is -3.35. The van der Waals surface area contributed by atoms with Crippen LogP contribution in [0.2, 0.25) is 0 Å².